The van der Waals surface area contributed by atoms with E-state index in [0.29, 0.717) is 12.4 Å². The predicted octanol–water partition coefficient (Wildman–Crippen LogP) is 3.51. The largest absolute Gasteiger partial charge is 0.497 e. The number of oxazole rings is 1. The summed E-state index contributed by atoms with van der Waals surface area (Å²) in [6.45, 7) is 6.48. The van der Waals surface area contributed by atoms with Crippen molar-refractivity contribution in [2.45, 2.75) is 33.5 Å². The fourth-order valence-electron chi connectivity index (χ4n) is 2.76. The van der Waals surface area contributed by atoms with Crippen LogP contribution in [0, 0.1) is 6.92 Å². The van der Waals surface area contributed by atoms with Crippen LogP contribution in [0.5, 0.6) is 5.75 Å². The van der Waals surface area contributed by atoms with Gasteiger partial charge in [0, 0.05) is 31.0 Å². The number of aromatic nitrogens is 3. The molecule has 6 nitrogen and oxygen atoms in total. The molecule has 0 spiro atoms. The van der Waals surface area contributed by atoms with Crippen LogP contribution in [0.25, 0.3) is 11.5 Å². The van der Waals surface area contributed by atoms with E-state index in [1.54, 1.807) is 7.11 Å². The van der Waals surface area contributed by atoms with Crippen molar-refractivity contribution in [1.82, 2.24) is 19.4 Å². The van der Waals surface area contributed by atoms with Crippen LogP contribution in [0.15, 0.2) is 41.1 Å². The topological polar surface area (TPSA) is 56.3 Å². The minimum Gasteiger partial charge on any atom is -0.497 e. The molecule has 0 saturated heterocycles. The summed E-state index contributed by atoms with van der Waals surface area (Å²) in [5, 5.41) is 0. The normalized spacial score (nSPS) is 11.2. The summed E-state index contributed by atoms with van der Waals surface area (Å²) in [4.78, 5) is 11.3. The van der Waals surface area contributed by atoms with E-state index in [0.717, 1.165) is 41.7 Å². The van der Waals surface area contributed by atoms with Crippen molar-refractivity contribution in [3.05, 3.63) is 53.9 Å². The molecule has 0 radical (unpaired) electrons. The Morgan fingerprint density at radius 1 is 1.20 bits per heavy atom. The first-order chi connectivity index (χ1) is 12.1. The highest BCUT2D eigenvalue weighted by molar-refractivity contribution is 5.55. The fraction of sp³-hybridized carbons (Fsp3) is 0.368. The first kappa shape index (κ1) is 17.2. The van der Waals surface area contributed by atoms with Crippen molar-refractivity contribution in [3.8, 4) is 17.2 Å². The smallest absolute Gasteiger partial charge is 0.226 e. The molecule has 1 aromatic carbocycles. The van der Waals surface area contributed by atoms with Crippen LogP contribution >= 0.6 is 0 Å². The maximum atomic E-state index is 5.86. The Labute approximate surface area is 148 Å². The van der Waals surface area contributed by atoms with Gasteiger partial charge in [0.15, 0.2) is 0 Å². The van der Waals surface area contributed by atoms with Gasteiger partial charge < -0.3 is 13.7 Å². The van der Waals surface area contributed by atoms with Gasteiger partial charge in [-0.05, 0) is 45.2 Å². The van der Waals surface area contributed by atoms with E-state index in [2.05, 4.69) is 33.4 Å². The first-order valence-electron chi connectivity index (χ1n) is 8.40. The second kappa shape index (κ2) is 7.53. The first-order valence-corrected chi connectivity index (χ1v) is 8.40. The molecular weight excluding hydrogens is 316 g/mol. The van der Waals surface area contributed by atoms with Gasteiger partial charge in [0.1, 0.15) is 17.3 Å². The average molecular weight is 340 g/mol. The number of nitrogens with zero attached hydrogens (tertiary/aromatic N) is 4. The quantitative estimate of drug-likeness (QED) is 0.659. The lowest BCUT2D eigenvalue weighted by molar-refractivity contribution is 0.300. The highest BCUT2D eigenvalue weighted by Gasteiger charge is 2.14. The third-order valence-electron chi connectivity index (χ3n) is 4.20. The Hall–Kier alpha value is -2.60. The number of ether oxygens (including phenoxy) is 1. The van der Waals surface area contributed by atoms with Gasteiger partial charge in [-0.2, -0.15) is 0 Å². The fourth-order valence-corrected chi connectivity index (χ4v) is 2.76. The van der Waals surface area contributed by atoms with E-state index in [9.17, 15) is 0 Å². The summed E-state index contributed by atoms with van der Waals surface area (Å²) in [5.41, 5.74) is 1.89. The molecule has 0 atom stereocenters. The van der Waals surface area contributed by atoms with E-state index in [4.69, 9.17) is 9.15 Å². The molecule has 0 bridgehead atoms. The van der Waals surface area contributed by atoms with Gasteiger partial charge in [0.25, 0.3) is 0 Å². The van der Waals surface area contributed by atoms with Crippen LogP contribution in [-0.2, 0) is 19.6 Å². The number of benzene rings is 1. The molecule has 0 fully saturated rings. The van der Waals surface area contributed by atoms with Crippen molar-refractivity contribution in [2.75, 3.05) is 14.2 Å². The van der Waals surface area contributed by atoms with Gasteiger partial charge in [-0.1, -0.05) is 0 Å². The average Bonchev–Trinajstić information content (AvgIpc) is 3.21. The summed E-state index contributed by atoms with van der Waals surface area (Å²) in [6, 6.07) is 7.72. The Morgan fingerprint density at radius 3 is 2.64 bits per heavy atom. The molecule has 2 heterocycles. The van der Waals surface area contributed by atoms with E-state index in [-0.39, 0.29) is 0 Å². The summed E-state index contributed by atoms with van der Waals surface area (Å²) in [6.07, 6.45) is 3.85. The number of imidazole rings is 1. The van der Waals surface area contributed by atoms with Gasteiger partial charge >= 0.3 is 0 Å². The van der Waals surface area contributed by atoms with E-state index in [1.165, 1.54) is 0 Å². The zero-order chi connectivity index (χ0) is 17.8. The summed E-state index contributed by atoms with van der Waals surface area (Å²) >= 11 is 0. The molecule has 3 aromatic rings. The Kier molecular flexibility index (Phi) is 5.19. The van der Waals surface area contributed by atoms with Crippen LogP contribution in [0.2, 0.25) is 0 Å². The van der Waals surface area contributed by atoms with Crippen LogP contribution < -0.4 is 4.74 Å². The van der Waals surface area contributed by atoms with Crippen molar-refractivity contribution >= 4 is 0 Å². The highest BCUT2D eigenvalue weighted by atomic mass is 16.5. The number of hydrogen-bond acceptors (Lipinski definition) is 5. The second-order valence-electron chi connectivity index (χ2n) is 6.05. The summed E-state index contributed by atoms with van der Waals surface area (Å²) < 4.78 is 13.2. The predicted molar refractivity (Wildman–Crippen MR) is 96.3 cm³/mol. The van der Waals surface area contributed by atoms with Crippen molar-refractivity contribution in [2.24, 2.45) is 0 Å². The van der Waals surface area contributed by atoms with Crippen LogP contribution in [0.1, 0.15) is 24.2 Å². The minimum atomic E-state index is 0.638. The number of aryl methyl sites for hydroxylation is 2. The zero-order valence-electron chi connectivity index (χ0n) is 15.2. The molecule has 0 N–H and O–H groups in total. The van der Waals surface area contributed by atoms with Crippen molar-refractivity contribution in [3.63, 3.8) is 0 Å². The summed E-state index contributed by atoms with van der Waals surface area (Å²) in [7, 11) is 3.72. The Bertz CT molecular complexity index is 820. The molecule has 132 valence electrons. The van der Waals surface area contributed by atoms with Gasteiger partial charge in [-0.25, -0.2) is 9.97 Å². The summed E-state index contributed by atoms with van der Waals surface area (Å²) in [5.74, 6) is 3.36. The molecule has 2 aromatic heterocycles. The van der Waals surface area contributed by atoms with Gasteiger partial charge in [-0.3, -0.25) is 4.90 Å². The van der Waals surface area contributed by atoms with E-state index < -0.39 is 0 Å². The van der Waals surface area contributed by atoms with E-state index >= 15 is 0 Å². The molecule has 0 aliphatic carbocycles. The maximum Gasteiger partial charge on any atom is 0.226 e. The molecule has 0 unspecified atom stereocenters. The SMILES string of the molecule is CCn1ccnc1CN(C)Cc1nc(-c2ccc(OC)cc2)oc1C. The Balaban J connectivity index is 1.71. The van der Waals surface area contributed by atoms with Gasteiger partial charge in [-0.15, -0.1) is 0 Å². The second-order valence-corrected chi connectivity index (χ2v) is 6.05. The van der Waals surface area contributed by atoms with Crippen molar-refractivity contribution in [1.29, 1.82) is 0 Å². The third kappa shape index (κ3) is 3.91. The van der Waals surface area contributed by atoms with Crippen LogP contribution in [0.4, 0.5) is 0 Å². The lowest BCUT2D eigenvalue weighted by atomic mass is 10.2. The molecule has 0 amide bonds. The number of methoxy groups -OCH3 is 1. The van der Waals surface area contributed by atoms with Crippen LogP contribution in [-0.4, -0.2) is 33.6 Å². The number of rotatable bonds is 7. The molecule has 0 saturated carbocycles. The monoisotopic (exact) mass is 340 g/mol. The standard InChI is InChI=1S/C19H24N4O2/c1-5-23-11-10-20-18(23)13-22(3)12-17-14(2)25-19(21-17)15-6-8-16(24-4)9-7-15/h6-11H,5,12-13H2,1-4H3. The molecular formula is C19H24N4O2. The van der Waals surface area contributed by atoms with Gasteiger partial charge in [0.2, 0.25) is 5.89 Å². The Morgan fingerprint density at radius 2 is 1.96 bits per heavy atom. The molecule has 0 aliphatic heterocycles. The highest BCUT2D eigenvalue weighted by Crippen LogP contribution is 2.24. The lowest BCUT2D eigenvalue weighted by Crippen LogP contribution is -2.20. The van der Waals surface area contributed by atoms with Crippen LogP contribution in [0.3, 0.4) is 0 Å². The third-order valence-corrected chi connectivity index (χ3v) is 4.20. The lowest BCUT2D eigenvalue weighted by Gasteiger charge is -2.15. The van der Waals surface area contributed by atoms with Gasteiger partial charge in [0.05, 0.1) is 19.3 Å². The molecule has 6 heteroatoms. The number of hydrogen-bond donors (Lipinski definition) is 0. The van der Waals surface area contributed by atoms with E-state index in [1.807, 2.05) is 43.6 Å². The molecule has 3 rings (SSSR count). The van der Waals surface area contributed by atoms with Crippen molar-refractivity contribution < 1.29 is 9.15 Å². The zero-order valence-corrected chi connectivity index (χ0v) is 15.2. The molecule has 25 heavy (non-hydrogen) atoms. The maximum absolute atomic E-state index is 5.86. The minimum absolute atomic E-state index is 0.638. The molecule has 0 aliphatic rings.